The summed E-state index contributed by atoms with van der Waals surface area (Å²) in [7, 11) is 1.45. The summed E-state index contributed by atoms with van der Waals surface area (Å²) in [5, 5.41) is 0. The van der Waals surface area contributed by atoms with Crippen molar-refractivity contribution in [3.8, 4) is 0 Å². The van der Waals surface area contributed by atoms with Gasteiger partial charge in [0.1, 0.15) is 19.8 Å². The molecule has 0 rings (SSSR count). The molecule has 0 aliphatic rings. The SMILES string of the molecule is CC/C=C\C/C=C\C/C=C\C/C=C\C/C=C\C/C=C\C/C=C\C/C=C\C/C=C\C/C=C\C/C=C\C/C=C\CCCCCCC(=O)OC(COC(=O)CCCCCCCCCCCCCCCCCCCCCC)COP(=O)(O)OCC[N+](C)(C)C. The molecule has 0 aliphatic carbocycles. The van der Waals surface area contributed by atoms with Crippen molar-refractivity contribution >= 4 is 19.8 Å². The highest BCUT2D eigenvalue weighted by molar-refractivity contribution is 7.47. The minimum Gasteiger partial charge on any atom is -0.462 e. The van der Waals surface area contributed by atoms with Crippen LogP contribution in [-0.4, -0.2) is 74.9 Å². The van der Waals surface area contributed by atoms with E-state index in [-0.39, 0.29) is 32.0 Å². The summed E-state index contributed by atoms with van der Waals surface area (Å²) in [6.45, 7) is 4.30. The monoisotopic (exact) mass is 1200 g/mol. The first-order chi connectivity index (χ1) is 41.5. The standard InChI is InChI=1S/C75H126NO8P/c1-6-8-10-12-14-16-18-20-22-24-26-28-29-30-31-32-33-34-35-36-37-38-39-40-41-42-43-44-45-46-47-48-50-52-54-56-58-60-62-64-66-68-75(78)84-73(72-83-85(79,80)82-70-69-76(3,4)5)71-81-74(77)67-65-63-61-59-57-55-53-51-49-27-25-23-21-19-17-15-13-11-9-7-2/h8,10,14,16,20,22,26,28,30-31,33-34,36-37,39-40,42-43,45-46,48,50,54,56,73H,6-7,9,11-13,15,17-19,21,23-25,27,29,32,35,38,41,44,47,49,51-53,55,57-72H2,1-5H3/p+1/b10-8-,16-14-,22-20-,28-26-,31-30-,34-33-,37-36-,40-39-,43-42-,46-45-,50-48-,56-54-. The van der Waals surface area contributed by atoms with Crippen LogP contribution in [0.5, 0.6) is 0 Å². The number of quaternary nitrogens is 1. The van der Waals surface area contributed by atoms with Crippen molar-refractivity contribution in [1.29, 1.82) is 0 Å². The first-order valence-electron chi connectivity index (χ1n) is 34.1. The van der Waals surface area contributed by atoms with Crippen LogP contribution in [0, 0.1) is 0 Å². The van der Waals surface area contributed by atoms with E-state index in [2.05, 4.69) is 160 Å². The van der Waals surface area contributed by atoms with Gasteiger partial charge in [-0.1, -0.05) is 295 Å². The zero-order valence-electron chi connectivity index (χ0n) is 55.0. The quantitative estimate of drug-likeness (QED) is 0.0211. The van der Waals surface area contributed by atoms with Crippen LogP contribution in [0.1, 0.15) is 264 Å². The molecule has 0 radical (unpaired) electrons. The topological polar surface area (TPSA) is 108 Å². The van der Waals surface area contributed by atoms with Crippen molar-refractivity contribution in [1.82, 2.24) is 0 Å². The predicted octanol–water partition coefficient (Wildman–Crippen LogP) is 22.2. The van der Waals surface area contributed by atoms with Gasteiger partial charge in [-0.15, -0.1) is 0 Å². The number of unbranched alkanes of at least 4 members (excludes halogenated alkanes) is 23. The highest BCUT2D eigenvalue weighted by atomic mass is 31.2. The average molecular weight is 1200 g/mol. The van der Waals surface area contributed by atoms with E-state index < -0.39 is 26.5 Å². The molecular formula is C75H127NO8P+. The fourth-order valence-electron chi connectivity index (χ4n) is 8.94. The van der Waals surface area contributed by atoms with Crippen molar-refractivity contribution in [3.63, 3.8) is 0 Å². The van der Waals surface area contributed by atoms with Gasteiger partial charge in [0.2, 0.25) is 0 Å². The highest BCUT2D eigenvalue weighted by Gasteiger charge is 2.27. The Balaban J connectivity index is 4.17. The Hall–Kier alpha value is -4.11. The van der Waals surface area contributed by atoms with Crippen molar-refractivity contribution in [2.45, 2.75) is 270 Å². The van der Waals surface area contributed by atoms with Gasteiger partial charge in [0.25, 0.3) is 0 Å². The van der Waals surface area contributed by atoms with Crippen LogP contribution in [0.15, 0.2) is 146 Å². The number of phosphoric acid groups is 1. The van der Waals surface area contributed by atoms with Crippen LogP contribution in [0.4, 0.5) is 0 Å². The van der Waals surface area contributed by atoms with Crippen molar-refractivity contribution in [3.05, 3.63) is 146 Å². The molecule has 0 amide bonds. The van der Waals surface area contributed by atoms with E-state index in [9.17, 15) is 19.0 Å². The first-order valence-corrected chi connectivity index (χ1v) is 35.6. The van der Waals surface area contributed by atoms with Gasteiger partial charge in [-0.25, -0.2) is 4.57 Å². The largest absolute Gasteiger partial charge is 0.472 e. The van der Waals surface area contributed by atoms with Crippen LogP contribution in [0.25, 0.3) is 0 Å². The molecule has 2 unspecified atom stereocenters. The summed E-state index contributed by atoms with van der Waals surface area (Å²) in [5.41, 5.74) is 0. The number of carbonyl (C=O) groups excluding carboxylic acids is 2. The van der Waals surface area contributed by atoms with Crippen LogP contribution in [0.3, 0.4) is 0 Å². The van der Waals surface area contributed by atoms with E-state index in [0.29, 0.717) is 17.4 Å². The number of rotatable bonds is 61. The molecule has 1 N–H and O–H groups in total. The third-order valence-corrected chi connectivity index (χ3v) is 15.1. The lowest BCUT2D eigenvalue weighted by molar-refractivity contribution is -0.870. The molecule has 2 atom stereocenters. The normalized spacial score (nSPS) is 14.1. The predicted molar refractivity (Wildman–Crippen MR) is 367 cm³/mol. The zero-order valence-corrected chi connectivity index (χ0v) is 55.9. The molecule has 0 aromatic rings. The van der Waals surface area contributed by atoms with E-state index in [4.69, 9.17) is 18.5 Å². The third kappa shape index (κ3) is 68.9. The van der Waals surface area contributed by atoms with Gasteiger partial charge in [-0.2, -0.15) is 0 Å². The second-order valence-electron chi connectivity index (χ2n) is 23.5. The number of likely N-dealkylation sites (N-methyl/N-ethyl adjacent to an activating group) is 1. The number of phosphoric ester groups is 1. The minimum absolute atomic E-state index is 0.0206. The molecular weight excluding hydrogens is 1070 g/mol. The summed E-state index contributed by atoms with van der Waals surface area (Å²) in [4.78, 5) is 35.8. The Morgan fingerprint density at radius 1 is 0.376 bits per heavy atom. The van der Waals surface area contributed by atoms with Crippen molar-refractivity contribution in [2.24, 2.45) is 0 Å². The number of ether oxygens (including phenoxy) is 2. The number of esters is 2. The van der Waals surface area contributed by atoms with Gasteiger partial charge in [-0.05, 0) is 103 Å². The minimum atomic E-state index is -4.41. The second kappa shape index (κ2) is 64.4. The van der Waals surface area contributed by atoms with Crippen LogP contribution in [-0.2, 0) is 32.7 Å². The Bertz CT molecular complexity index is 1940. The Kier molecular flexibility index (Phi) is 61.3. The summed E-state index contributed by atoms with van der Waals surface area (Å²) < 4.78 is 34.6. The van der Waals surface area contributed by atoms with Gasteiger partial charge >= 0.3 is 19.8 Å². The maximum atomic E-state index is 12.9. The molecule has 0 aromatic heterocycles. The Morgan fingerprint density at radius 2 is 0.671 bits per heavy atom. The van der Waals surface area contributed by atoms with Gasteiger partial charge in [0, 0.05) is 12.8 Å². The molecule has 0 fully saturated rings. The fraction of sp³-hybridized carbons (Fsp3) is 0.653. The third-order valence-electron chi connectivity index (χ3n) is 14.1. The molecule has 0 bridgehead atoms. The molecule has 85 heavy (non-hydrogen) atoms. The first kappa shape index (κ1) is 80.9. The summed E-state index contributed by atoms with van der Waals surface area (Å²) in [6.07, 6.45) is 95.1. The average Bonchev–Trinajstić information content (AvgIpc) is 3.51. The number of hydrogen-bond acceptors (Lipinski definition) is 7. The molecule has 0 saturated carbocycles. The maximum absolute atomic E-state index is 12.9. The lowest BCUT2D eigenvalue weighted by Gasteiger charge is -2.24. The van der Waals surface area contributed by atoms with E-state index in [1.165, 1.54) is 109 Å². The number of nitrogens with zero attached hydrogens (tertiary/aromatic N) is 1. The second-order valence-corrected chi connectivity index (χ2v) is 24.9. The van der Waals surface area contributed by atoms with E-state index in [1.54, 1.807) is 0 Å². The van der Waals surface area contributed by atoms with Crippen LogP contribution < -0.4 is 0 Å². The lowest BCUT2D eigenvalue weighted by atomic mass is 10.0. The zero-order chi connectivity index (χ0) is 61.9. The van der Waals surface area contributed by atoms with Crippen molar-refractivity contribution in [2.75, 3.05) is 47.5 Å². The molecule has 484 valence electrons. The van der Waals surface area contributed by atoms with Gasteiger partial charge in [0.05, 0.1) is 27.7 Å². The van der Waals surface area contributed by atoms with Gasteiger partial charge in [-0.3, -0.25) is 18.6 Å². The number of hydrogen-bond donors (Lipinski definition) is 1. The smallest absolute Gasteiger partial charge is 0.462 e. The molecule has 0 aromatic carbocycles. The van der Waals surface area contributed by atoms with E-state index >= 15 is 0 Å². The van der Waals surface area contributed by atoms with Gasteiger partial charge < -0.3 is 18.9 Å². The highest BCUT2D eigenvalue weighted by Crippen LogP contribution is 2.43. The Labute approximate surface area is 523 Å². The number of carbonyl (C=O) groups is 2. The molecule has 10 heteroatoms. The molecule has 0 saturated heterocycles. The Morgan fingerprint density at radius 3 is 1.00 bits per heavy atom. The van der Waals surface area contributed by atoms with E-state index in [0.717, 1.165) is 122 Å². The summed E-state index contributed by atoms with van der Waals surface area (Å²) in [5.74, 6) is -0.827. The lowest BCUT2D eigenvalue weighted by Crippen LogP contribution is -2.37. The van der Waals surface area contributed by atoms with Crippen LogP contribution >= 0.6 is 7.82 Å². The van der Waals surface area contributed by atoms with Crippen molar-refractivity contribution < 1.29 is 42.1 Å². The molecule has 0 heterocycles. The van der Waals surface area contributed by atoms with E-state index in [1.807, 2.05) is 21.1 Å². The maximum Gasteiger partial charge on any atom is 0.472 e. The van der Waals surface area contributed by atoms with Gasteiger partial charge in [0.15, 0.2) is 6.10 Å². The van der Waals surface area contributed by atoms with Crippen LogP contribution in [0.2, 0.25) is 0 Å². The summed E-state index contributed by atoms with van der Waals surface area (Å²) in [6, 6.07) is 0. The number of allylic oxidation sites excluding steroid dienone is 24. The molecule has 0 aliphatic heterocycles. The summed E-state index contributed by atoms with van der Waals surface area (Å²) >= 11 is 0. The fourth-order valence-corrected chi connectivity index (χ4v) is 9.68. The molecule has 0 spiro atoms. The molecule has 9 nitrogen and oxygen atoms in total.